The van der Waals surface area contributed by atoms with Crippen LogP contribution >= 0.6 is 0 Å². The number of nitrogens with zero attached hydrogens (tertiary/aromatic N) is 1. The maximum Gasteiger partial charge on any atom is 0.229 e. The second-order valence-corrected chi connectivity index (χ2v) is 3.40. The number of hydrogen-bond donors (Lipinski definition) is 2. The first-order chi connectivity index (χ1) is 6.81. The van der Waals surface area contributed by atoms with Crippen molar-refractivity contribution in [2.75, 3.05) is 17.2 Å². The van der Waals surface area contributed by atoms with E-state index in [2.05, 4.69) is 15.6 Å². The molecule has 0 aromatic carbocycles. The van der Waals surface area contributed by atoms with Crippen LogP contribution in [-0.2, 0) is 4.79 Å². The van der Waals surface area contributed by atoms with Crippen LogP contribution in [0.3, 0.4) is 0 Å². The Morgan fingerprint density at radius 2 is 2.43 bits per heavy atom. The average Bonchev–Trinajstić information content (AvgIpc) is 2.36. The Labute approximate surface area is 82.7 Å². The fourth-order valence-corrected chi connectivity index (χ4v) is 1.54. The summed E-state index contributed by atoms with van der Waals surface area (Å²) >= 11 is 0. The summed E-state index contributed by atoms with van der Waals surface area (Å²) in [4.78, 5) is 15.6. The number of amides is 1. The Bertz CT molecular complexity index is 351. The highest BCUT2D eigenvalue weighted by atomic mass is 16.1. The summed E-state index contributed by atoms with van der Waals surface area (Å²) in [5.41, 5.74) is 1.72. The molecule has 0 radical (unpaired) electrons. The van der Waals surface area contributed by atoms with E-state index < -0.39 is 0 Å². The van der Waals surface area contributed by atoms with Gasteiger partial charge >= 0.3 is 0 Å². The van der Waals surface area contributed by atoms with Gasteiger partial charge in [0.25, 0.3) is 0 Å². The number of aromatic nitrogens is 1. The van der Waals surface area contributed by atoms with Gasteiger partial charge in [0.1, 0.15) is 0 Å². The van der Waals surface area contributed by atoms with Crippen LogP contribution < -0.4 is 10.6 Å². The number of hydrogen-bond acceptors (Lipinski definition) is 3. The van der Waals surface area contributed by atoms with E-state index in [4.69, 9.17) is 0 Å². The number of pyridine rings is 1. The van der Waals surface area contributed by atoms with Crippen LogP contribution in [-0.4, -0.2) is 17.4 Å². The summed E-state index contributed by atoms with van der Waals surface area (Å²) in [6.45, 7) is 2.71. The molecule has 1 amide bonds. The molecule has 1 aromatic rings. The van der Waals surface area contributed by atoms with E-state index in [1.54, 1.807) is 12.4 Å². The van der Waals surface area contributed by atoms with Crippen LogP contribution in [0.15, 0.2) is 18.5 Å². The molecule has 0 saturated carbocycles. The molecule has 1 aliphatic heterocycles. The molecule has 1 unspecified atom stereocenters. The van der Waals surface area contributed by atoms with Crippen LogP contribution in [0.5, 0.6) is 0 Å². The lowest BCUT2D eigenvalue weighted by Gasteiger charge is -2.09. The minimum Gasteiger partial charge on any atom is -0.382 e. The first kappa shape index (κ1) is 8.99. The van der Waals surface area contributed by atoms with Crippen molar-refractivity contribution in [1.29, 1.82) is 0 Å². The van der Waals surface area contributed by atoms with Crippen molar-refractivity contribution in [2.45, 2.75) is 13.3 Å². The SMILES string of the molecule is CCC1CNc2ccncc2NC1=O. The molecule has 4 heteroatoms. The number of fused-ring (bicyclic) bond motifs is 1. The number of anilines is 2. The molecule has 2 rings (SSSR count). The zero-order chi connectivity index (χ0) is 9.97. The molecular formula is C10H13N3O. The van der Waals surface area contributed by atoms with Crippen molar-refractivity contribution >= 4 is 17.3 Å². The number of rotatable bonds is 1. The molecule has 1 atom stereocenters. The van der Waals surface area contributed by atoms with Gasteiger partial charge in [-0.15, -0.1) is 0 Å². The molecule has 14 heavy (non-hydrogen) atoms. The van der Waals surface area contributed by atoms with Crippen LogP contribution in [0.1, 0.15) is 13.3 Å². The van der Waals surface area contributed by atoms with Crippen molar-refractivity contribution < 1.29 is 4.79 Å². The number of carbonyl (C=O) groups is 1. The van der Waals surface area contributed by atoms with Gasteiger partial charge in [-0.25, -0.2) is 0 Å². The molecule has 0 fully saturated rings. The highest BCUT2D eigenvalue weighted by Gasteiger charge is 2.21. The molecule has 0 saturated heterocycles. The van der Waals surface area contributed by atoms with Crippen molar-refractivity contribution in [3.8, 4) is 0 Å². The minimum absolute atomic E-state index is 0.0439. The summed E-state index contributed by atoms with van der Waals surface area (Å²) < 4.78 is 0. The Hall–Kier alpha value is -1.58. The fraction of sp³-hybridized carbons (Fsp3) is 0.400. The fourth-order valence-electron chi connectivity index (χ4n) is 1.54. The lowest BCUT2D eigenvalue weighted by atomic mass is 10.1. The summed E-state index contributed by atoms with van der Waals surface area (Å²) in [7, 11) is 0. The van der Waals surface area contributed by atoms with Crippen molar-refractivity contribution in [3.05, 3.63) is 18.5 Å². The van der Waals surface area contributed by atoms with E-state index in [1.165, 1.54) is 0 Å². The highest BCUT2D eigenvalue weighted by Crippen LogP contribution is 2.24. The van der Waals surface area contributed by atoms with E-state index in [1.807, 2.05) is 13.0 Å². The molecule has 0 bridgehead atoms. The zero-order valence-electron chi connectivity index (χ0n) is 8.08. The monoisotopic (exact) mass is 191 g/mol. The maximum atomic E-state index is 11.6. The van der Waals surface area contributed by atoms with Crippen LogP contribution in [0.4, 0.5) is 11.4 Å². The first-order valence-electron chi connectivity index (χ1n) is 4.80. The van der Waals surface area contributed by atoms with E-state index >= 15 is 0 Å². The molecule has 1 aliphatic rings. The van der Waals surface area contributed by atoms with Gasteiger partial charge in [-0.2, -0.15) is 0 Å². The molecule has 4 nitrogen and oxygen atoms in total. The predicted molar refractivity (Wildman–Crippen MR) is 55.1 cm³/mol. The van der Waals surface area contributed by atoms with E-state index in [0.717, 1.165) is 17.8 Å². The Morgan fingerprint density at radius 3 is 3.21 bits per heavy atom. The summed E-state index contributed by atoms with van der Waals surface area (Å²) in [6.07, 6.45) is 4.22. The van der Waals surface area contributed by atoms with Crippen LogP contribution in [0, 0.1) is 5.92 Å². The normalized spacial score (nSPS) is 20.4. The molecule has 0 spiro atoms. The van der Waals surface area contributed by atoms with Gasteiger partial charge in [-0.05, 0) is 12.5 Å². The predicted octanol–water partition coefficient (Wildman–Crippen LogP) is 1.47. The Morgan fingerprint density at radius 1 is 1.57 bits per heavy atom. The van der Waals surface area contributed by atoms with Crippen LogP contribution in [0.2, 0.25) is 0 Å². The van der Waals surface area contributed by atoms with Gasteiger partial charge in [-0.3, -0.25) is 9.78 Å². The average molecular weight is 191 g/mol. The molecule has 2 heterocycles. The third kappa shape index (κ3) is 1.55. The second kappa shape index (κ2) is 3.65. The molecular weight excluding hydrogens is 178 g/mol. The van der Waals surface area contributed by atoms with E-state index in [9.17, 15) is 4.79 Å². The van der Waals surface area contributed by atoms with E-state index in [-0.39, 0.29) is 11.8 Å². The summed E-state index contributed by atoms with van der Waals surface area (Å²) in [5, 5.41) is 6.09. The second-order valence-electron chi connectivity index (χ2n) is 3.40. The number of carbonyl (C=O) groups excluding carboxylic acids is 1. The topological polar surface area (TPSA) is 54.0 Å². The number of nitrogens with one attached hydrogen (secondary N) is 2. The largest absolute Gasteiger partial charge is 0.382 e. The van der Waals surface area contributed by atoms with Gasteiger partial charge in [0.2, 0.25) is 5.91 Å². The van der Waals surface area contributed by atoms with Gasteiger partial charge in [0.05, 0.1) is 23.5 Å². The Balaban J connectivity index is 2.28. The quantitative estimate of drug-likeness (QED) is 0.706. The van der Waals surface area contributed by atoms with Crippen LogP contribution in [0.25, 0.3) is 0 Å². The first-order valence-corrected chi connectivity index (χ1v) is 4.80. The van der Waals surface area contributed by atoms with Crippen molar-refractivity contribution in [2.24, 2.45) is 5.92 Å². The van der Waals surface area contributed by atoms with Crippen molar-refractivity contribution in [1.82, 2.24) is 4.98 Å². The standard InChI is InChI=1S/C10H13N3O/c1-2-7-5-12-8-3-4-11-6-9(8)13-10(7)14/h3-4,6-7,12H,2,5H2,1H3,(H,13,14). The zero-order valence-corrected chi connectivity index (χ0v) is 8.08. The summed E-state index contributed by atoms with van der Waals surface area (Å²) in [6, 6.07) is 1.87. The van der Waals surface area contributed by atoms with Gasteiger partial charge in [0, 0.05) is 12.7 Å². The van der Waals surface area contributed by atoms with Crippen molar-refractivity contribution in [3.63, 3.8) is 0 Å². The molecule has 0 aliphatic carbocycles. The summed E-state index contributed by atoms with van der Waals surface area (Å²) in [5.74, 6) is 0.120. The minimum atomic E-state index is 0.0439. The van der Waals surface area contributed by atoms with Gasteiger partial charge in [0.15, 0.2) is 0 Å². The Kier molecular flexibility index (Phi) is 2.35. The lowest BCUT2D eigenvalue weighted by Crippen LogP contribution is -2.24. The third-order valence-electron chi connectivity index (χ3n) is 2.48. The molecule has 1 aromatic heterocycles. The van der Waals surface area contributed by atoms with Gasteiger partial charge < -0.3 is 10.6 Å². The van der Waals surface area contributed by atoms with Gasteiger partial charge in [-0.1, -0.05) is 6.92 Å². The molecule has 74 valence electrons. The smallest absolute Gasteiger partial charge is 0.229 e. The lowest BCUT2D eigenvalue weighted by molar-refractivity contribution is -0.119. The highest BCUT2D eigenvalue weighted by molar-refractivity contribution is 5.97. The van der Waals surface area contributed by atoms with E-state index in [0.29, 0.717) is 6.54 Å². The molecule has 2 N–H and O–H groups in total. The maximum absolute atomic E-state index is 11.6. The third-order valence-corrected chi connectivity index (χ3v) is 2.48.